The van der Waals surface area contributed by atoms with Crippen molar-refractivity contribution in [2.24, 2.45) is 0 Å². The summed E-state index contributed by atoms with van der Waals surface area (Å²) in [6.45, 7) is 0. The number of halogens is 1. The summed E-state index contributed by atoms with van der Waals surface area (Å²) in [6, 6.07) is 12.0. The summed E-state index contributed by atoms with van der Waals surface area (Å²) in [4.78, 5) is 34.2. The molecular weight excluding hydrogens is 360 g/mol. The van der Waals surface area contributed by atoms with Crippen LogP contribution in [0.3, 0.4) is 0 Å². The second-order valence-electron chi connectivity index (χ2n) is 5.52. The van der Waals surface area contributed by atoms with Crippen molar-refractivity contribution < 1.29 is 19.2 Å². The summed E-state index contributed by atoms with van der Waals surface area (Å²) in [7, 11) is 1.27. The number of nitrogens with one attached hydrogen (secondary N) is 1. The van der Waals surface area contributed by atoms with E-state index in [2.05, 4.69) is 10.1 Å². The van der Waals surface area contributed by atoms with Gasteiger partial charge in [0.1, 0.15) is 0 Å². The number of non-ortho nitro benzene ring substituents is 1. The van der Waals surface area contributed by atoms with Crippen molar-refractivity contribution in [3.63, 3.8) is 0 Å². The summed E-state index contributed by atoms with van der Waals surface area (Å²) in [5.41, 5.74) is 1.18. The number of nitrogens with zero attached hydrogens (tertiary/aromatic N) is 1. The lowest BCUT2D eigenvalue weighted by Crippen LogP contribution is -2.31. The zero-order valence-electron chi connectivity index (χ0n) is 14.0. The third-order valence-corrected chi connectivity index (χ3v) is 4.07. The number of hydrogen-bond acceptors (Lipinski definition) is 5. The predicted octanol–water partition coefficient (Wildman–Crippen LogP) is 3.21. The van der Waals surface area contributed by atoms with E-state index in [0.717, 1.165) is 0 Å². The van der Waals surface area contributed by atoms with Crippen LogP contribution in [0.4, 0.5) is 5.69 Å². The van der Waals surface area contributed by atoms with Gasteiger partial charge in [0.2, 0.25) is 5.91 Å². The van der Waals surface area contributed by atoms with Gasteiger partial charge in [-0.2, -0.15) is 0 Å². The van der Waals surface area contributed by atoms with E-state index in [1.165, 1.54) is 31.4 Å². The van der Waals surface area contributed by atoms with Crippen LogP contribution < -0.4 is 5.32 Å². The minimum Gasteiger partial charge on any atom is -0.469 e. The van der Waals surface area contributed by atoms with Crippen LogP contribution in [0.2, 0.25) is 5.02 Å². The van der Waals surface area contributed by atoms with Gasteiger partial charge in [-0.25, -0.2) is 0 Å². The lowest BCUT2D eigenvalue weighted by atomic mass is 10.0. The number of carbonyl (C=O) groups excluding carboxylic acids is 2. The fraction of sp³-hybridized carbons (Fsp3) is 0.222. The van der Waals surface area contributed by atoms with Crippen LogP contribution in [0.5, 0.6) is 0 Å². The highest BCUT2D eigenvalue weighted by atomic mass is 35.5. The zero-order valence-corrected chi connectivity index (χ0v) is 14.7. The van der Waals surface area contributed by atoms with E-state index >= 15 is 0 Å². The van der Waals surface area contributed by atoms with Gasteiger partial charge in [0.15, 0.2) is 0 Å². The van der Waals surface area contributed by atoms with E-state index in [1.807, 2.05) is 0 Å². The molecule has 0 aromatic heterocycles. The van der Waals surface area contributed by atoms with E-state index < -0.39 is 16.9 Å². The molecule has 0 fully saturated rings. The summed E-state index contributed by atoms with van der Waals surface area (Å²) in [6.07, 6.45) is -0.0493. The topological polar surface area (TPSA) is 98.5 Å². The lowest BCUT2D eigenvalue weighted by Gasteiger charge is -2.19. The molecule has 0 spiro atoms. The smallest absolute Gasteiger partial charge is 0.307 e. The summed E-state index contributed by atoms with van der Waals surface area (Å²) < 4.78 is 4.68. The molecule has 0 aliphatic heterocycles. The summed E-state index contributed by atoms with van der Waals surface area (Å²) in [5.74, 6) is -0.821. The number of nitro benzene ring substituents is 1. The molecular formula is C18H17ClN2O5. The van der Waals surface area contributed by atoms with Gasteiger partial charge in [0, 0.05) is 17.2 Å². The molecule has 1 N–H and O–H groups in total. The number of carbonyl (C=O) groups is 2. The van der Waals surface area contributed by atoms with E-state index in [-0.39, 0.29) is 24.4 Å². The Morgan fingerprint density at radius 3 is 2.42 bits per heavy atom. The third kappa shape index (κ3) is 5.29. The number of rotatable bonds is 7. The second kappa shape index (κ2) is 8.96. The Labute approximate surface area is 155 Å². The molecule has 26 heavy (non-hydrogen) atoms. The molecule has 136 valence electrons. The van der Waals surface area contributed by atoms with Crippen molar-refractivity contribution in [3.8, 4) is 0 Å². The molecule has 1 atom stereocenters. The quantitative estimate of drug-likeness (QED) is 0.454. The molecule has 0 heterocycles. The van der Waals surface area contributed by atoms with Crippen LogP contribution in [-0.2, 0) is 20.7 Å². The van der Waals surface area contributed by atoms with Crippen molar-refractivity contribution >= 4 is 29.2 Å². The van der Waals surface area contributed by atoms with Gasteiger partial charge in [-0.15, -0.1) is 0 Å². The van der Waals surface area contributed by atoms with Crippen molar-refractivity contribution in [2.45, 2.75) is 18.9 Å². The largest absolute Gasteiger partial charge is 0.469 e. The Bertz CT molecular complexity index is 807. The standard InChI is InChI=1S/C18H17ClN2O5/c1-26-18(23)11-16(14-4-2-3-5-15(14)19)20-17(22)10-12-6-8-13(9-7-12)21(24)25/h2-9,16H,10-11H2,1H3,(H,20,22). The van der Waals surface area contributed by atoms with Gasteiger partial charge in [0.25, 0.3) is 5.69 Å². The molecule has 0 aliphatic carbocycles. The van der Waals surface area contributed by atoms with E-state index in [1.54, 1.807) is 24.3 Å². The fourth-order valence-electron chi connectivity index (χ4n) is 2.41. The number of amides is 1. The Kier molecular flexibility index (Phi) is 6.68. The minimum absolute atomic E-state index is 0.0140. The highest BCUT2D eigenvalue weighted by Crippen LogP contribution is 2.25. The number of methoxy groups -OCH3 is 1. The third-order valence-electron chi connectivity index (χ3n) is 3.73. The number of ether oxygens (including phenoxy) is 1. The Hall–Kier alpha value is -2.93. The monoisotopic (exact) mass is 376 g/mol. The minimum atomic E-state index is -0.637. The molecule has 2 rings (SSSR count). The van der Waals surface area contributed by atoms with E-state index in [4.69, 9.17) is 11.6 Å². The maximum Gasteiger partial charge on any atom is 0.307 e. The molecule has 8 heteroatoms. The highest BCUT2D eigenvalue weighted by Gasteiger charge is 2.21. The first-order valence-electron chi connectivity index (χ1n) is 7.74. The first-order valence-corrected chi connectivity index (χ1v) is 8.12. The summed E-state index contributed by atoms with van der Waals surface area (Å²) >= 11 is 6.17. The molecule has 0 radical (unpaired) electrons. The Morgan fingerprint density at radius 1 is 1.19 bits per heavy atom. The molecule has 0 saturated heterocycles. The molecule has 1 amide bonds. The highest BCUT2D eigenvalue weighted by molar-refractivity contribution is 6.31. The number of benzene rings is 2. The first kappa shape index (κ1) is 19.4. The SMILES string of the molecule is COC(=O)CC(NC(=O)Cc1ccc([N+](=O)[O-])cc1)c1ccccc1Cl. The van der Waals surface area contributed by atoms with Crippen LogP contribution >= 0.6 is 11.6 Å². The van der Waals surface area contributed by atoms with E-state index in [9.17, 15) is 19.7 Å². The molecule has 0 bridgehead atoms. The lowest BCUT2D eigenvalue weighted by molar-refractivity contribution is -0.384. The molecule has 1 unspecified atom stereocenters. The van der Waals surface area contributed by atoms with Crippen molar-refractivity contribution in [1.82, 2.24) is 5.32 Å². The van der Waals surface area contributed by atoms with Crippen LogP contribution in [0.25, 0.3) is 0 Å². The van der Waals surface area contributed by atoms with Crippen LogP contribution in [0.1, 0.15) is 23.6 Å². The van der Waals surface area contributed by atoms with Crippen molar-refractivity contribution in [1.29, 1.82) is 0 Å². The zero-order chi connectivity index (χ0) is 19.1. The van der Waals surface area contributed by atoms with Gasteiger partial charge < -0.3 is 10.1 Å². The van der Waals surface area contributed by atoms with Gasteiger partial charge in [-0.05, 0) is 17.2 Å². The van der Waals surface area contributed by atoms with Crippen LogP contribution in [0.15, 0.2) is 48.5 Å². The Morgan fingerprint density at radius 2 is 1.85 bits per heavy atom. The van der Waals surface area contributed by atoms with E-state index in [0.29, 0.717) is 16.1 Å². The second-order valence-corrected chi connectivity index (χ2v) is 5.93. The molecule has 7 nitrogen and oxygen atoms in total. The maximum atomic E-state index is 12.4. The molecule has 0 aliphatic rings. The van der Waals surface area contributed by atoms with Crippen LogP contribution in [0, 0.1) is 10.1 Å². The maximum absolute atomic E-state index is 12.4. The van der Waals surface area contributed by atoms with Gasteiger partial charge >= 0.3 is 5.97 Å². The van der Waals surface area contributed by atoms with Crippen LogP contribution in [-0.4, -0.2) is 23.9 Å². The normalized spacial score (nSPS) is 11.5. The summed E-state index contributed by atoms with van der Waals surface area (Å²) in [5, 5.41) is 13.9. The first-order chi connectivity index (χ1) is 12.4. The average molecular weight is 377 g/mol. The van der Waals surface area contributed by atoms with Gasteiger partial charge in [-0.3, -0.25) is 19.7 Å². The molecule has 0 saturated carbocycles. The number of nitro groups is 1. The number of esters is 1. The Balaban J connectivity index is 2.11. The van der Waals surface area contributed by atoms with Crippen molar-refractivity contribution in [2.75, 3.05) is 7.11 Å². The number of hydrogen-bond donors (Lipinski definition) is 1. The average Bonchev–Trinajstić information content (AvgIpc) is 2.61. The van der Waals surface area contributed by atoms with Gasteiger partial charge in [0.05, 0.1) is 30.9 Å². The van der Waals surface area contributed by atoms with Gasteiger partial charge in [-0.1, -0.05) is 41.9 Å². The predicted molar refractivity (Wildman–Crippen MR) is 95.8 cm³/mol. The molecule has 2 aromatic carbocycles. The fourth-order valence-corrected chi connectivity index (χ4v) is 2.68. The molecule has 2 aromatic rings. The van der Waals surface area contributed by atoms with Crippen molar-refractivity contribution in [3.05, 3.63) is 74.8 Å².